The van der Waals surface area contributed by atoms with Crippen LogP contribution in [0.2, 0.25) is 0 Å². The highest BCUT2D eigenvalue weighted by Gasteiger charge is 2.00. The number of hydrogen-bond acceptors (Lipinski definition) is 3. The van der Waals surface area contributed by atoms with Crippen molar-refractivity contribution in [3.63, 3.8) is 0 Å². The van der Waals surface area contributed by atoms with Gasteiger partial charge in [-0.15, -0.1) is 0 Å². The van der Waals surface area contributed by atoms with E-state index in [1.165, 1.54) is 19.3 Å². The zero-order valence-electron chi connectivity index (χ0n) is 13.6. The van der Waals surface area contributed by atoms with Crippen molar-refractivity contribution in [2.24, 2.45) is 5.10 Å². The van der Waals surface area contributed by atoms with Crippen molar-refractivity contribution >= 4 is 12.1 Å². The molecule has 5 heteroatoms. The first-order valence-electron chi connectivity index (χ1n) is 8.21. The second kappa shape index (κ2) is 9.56. The molecule has 0 aliphatic rings. The lowest BCUT2D eigenvalue weighted by Gasteiger charge is -2.00. The molecule has 2 rings (SSSR count). The van der Waals surface area contributed by atoms with Crippen LogP contribution in [0.4, 0.5) is 0 Å². The van der Waals surface area contributed by atoms with Gasteiger partial charge >= 0.3 is 0 Å². The minimum Gasteiger partial charge on any atom is -0.273 e. The maximum Gasteiger partial charge on any atom is 0.240 e. The Labute approximate surface area is 137 Å². The second-order valence-electron chi connectivity index (χ2n) is 5.51. The van der Waals surface area contributed by atoms with E-state index >= 15 is 0 Å². The maximum atomic E-state index is 11.6. The van der Waals surface area contributed by atoms with Gasteiger partial charge in [-0.1, -0.05) is 50.8 Å². The van der Waals surface area contributed by atoms with E-state index in [1.54, 1.807) is 17.1 Å². The van der Waals surface area contributed by atoms with Gasteiger partial charge in [0.2, 0.25) is 5.91 Å². The molecule has 1 aromatic heterocycles. The highest BCUT2D eigenvalue weighted by molar-refractivity contribution is 5.81. The Morgan fingerprint density at radius 3 is 2.78 bits per heavy atom. The van der Waals surface area contributed by atoms with Crippen LogP contribution in [0.3, 0.4) is 0 Å². The number of rotatable bonds is 9. The van der Waals surface area contributed by atoms with Gasteiger partial charge < -0.3 is 0 Å². The number of carbonyl (C=O) groups excluding carboxylic acids is 1. The molecule has 0 aliphatic carbocycles. The Balaban J connectivity index is 1.73. The van der Waals surface area contributed by atoms with E-state index in [-0.39, 0.29) is 5.91 Å². The molecule has 2 aromatic rings. The first-order chi connectivity index (χ1) is 11.3. The zero-order valence-corrected chi connectivity index (χ0v) is 13.6. The fraction of sp³-hybridized carbons (Fsp3) is 0.389. The van der Waals surface area contributed by atoms with Crippen molar-refractivity contribution in [3.8, 4) is 5.69 Å². The highest BCUT2D eigenvalue weighted by atomic mass is 16.2. The van der Waals surface area contributed by atoms with Gasteiger partial charge in [-0.2, -0.15) is 10.2 Å². The standard InChI is InChI=1S/C18H24N4O/c1-2-3-4-5-9-12-18(23)21-19-13-16-14-20-22(15-16)17-10-7-6-8-11-17/h6-8,10-11,13-15H,2-5,9,12H2,1H3,(H,21,23). The summed E-state index contributed by atoms with van der Waals surface area (Å²) in [7, 11) is 0. The van der Waals surface area contributed by atoms with Crippen LogP contribution in [0.25, 0.3) is 5.69 Å². The SMILES string of the molecule is CCCCCCCC(=O)NN=Cc1cnn(-c2ccccc2)c1. The number of nitrogens with one attached hydrogen (secondary N) is 1. The third-order valence-electron chi connectivity index (χ3n) is 3.53. The van der Waals surface area contributed by atoms with Gasteiger partial charge in [0.15, 0.2) is 0 Å². The van der Waals surface area contributed by atoms with Crippen LogP contribution in [0.5, 0.6) is 0 Å². The summed E-state index contributed by atoms with van der Waals surface area (Å²) in [5.41, 5.74) is 4.40. The number of unbranched alkanes of at least 4 members (excludes halogenated alkanes) is 4. The highest BCUT2D eigenvalue weighted by Crippen LogP contribution is 2.06. The fourth-order valence-electron chi connectivity index (χ4n) is 2.25. The lowest BCUT2D eigenvalue weighted by atomic mass is 10.1. The number of hydrazone groups is 1. The van der Waals surface area contributed by atoms with Crippen LogP contribution in [-0.4, -0.2) is 21.9 Å². The van der Waals surface area contributed by atoms with Gasteiger partial charge in [0.25, 0.3) is 0 Å². The van der Waals surface area contributed by atoms with E-state index in [1.807, 2.05) is 36.5 Å². The fourth-order valence-corrected chi connectivity index (χ4v) is 2.25. The Morgan fingerprint density at radius 2 is 2.00 bits per heavy atom. The van der Waals surface area contributed by atoms with Crippen molar-refractivity contribution in [1.82, 2.24) is 15.2 Å². The minimum atomic E-state index is -0.0341. The first kappa shape index (κ1) is 16.9. The summed E-state index contributed by atoms with van der Waals surface area (Å²) in [5.74, 6) is -0.0341. The molecule has 0 atom stereocenters. The Morgan fingerprint density at radius 1 is 1.22 bits per heavy atom. The molecule has 1 amide bonds. The molecule has 1 heterocycles. The average molecular weight is 312 g/mol. The van der Waals surface area contributed by atoms with Crippen LogP contribution >= 0.6 is 0 Å². The van der Waals surface area contributed by atoms with Crippen LogP contribution in [0.1, 0.15) is 51.0 Å². The number of nitrogens with zero attached hydrogens (tertiary/aromatic N) is 3. The zero-order chi connectivity index (χ0) is 16.3. The van der Waals surface area contributed by atoms with E-state index in [2.05, 4.69) is 22.5 Å². The Hall–Kier alpha value is -2.43. The van der Waals surface area contributed by atoms with Crippen molar-refractivity contribution in [2.45, 2.75) is 45.4 Å². The molecule has 0 radical (unpaired) electrons. The van der Waals surface area contributed by atoms with Crippen LogP contribution in [0, 0.1) is 0 Å². The van der Waals surface area contributed by atoms with Gasteiger partial charge in [-0.25, -0.2) is 10.1 Å². The van der Waals surface area contributed by atoms with Crippen molar-refractivity contribution < 1.29 is 4.79 Å². The normalized spacial score (nSPS) is 11.0. The molecule has 0 spiro atoms. The quantitative estimate of drug-likeness (QED) is 0.436. The molecule has 0 aliphatic heterocycles. The van der Waals surface area contributed by atoms with Gasteiger partial charge in [-0.3, -0.25) is 4.79 Å². The smallest absolute Gasteiger partial charge is 0.240 e. The number of carbonyl (C=O) groups is 1. The summed E-state index contributed by atoms with van der Waals surface area (Å²) in [6.07, 6.45) is 11.4. The van der Waals surface area contributed by atoms with E-state index in [0.29, 0.717) is 6.42 Å². The number of aromatic nitrogens is 2. The third-order valence-corrected chi connectivity index (χ3v) is 3.53. The summed E-state index contributed by atoms with van der Waals surface area (Å²) >= 11 is 0. The van der Waals surface area contributed by atoms with Crippen molar-refractivity contribution in [3.05, 3.63) is 48.3 Å². The molecule has 0 bridgehead atoms. The predicted octanol–water partition coefficient (Wildman–Crippen LogP) is 3.68. The number of benzene rings is 1. The van der Waals surface area contributed by atoms with Crippen LogP contribution in [-0.2, 0) is 4.79 Å². The molecule has 122 valence electrons. The van der Waals surface area contributed by atoms with Crippen molar-refractivity contribution in [1.29, 1.82) is 0 Å². The largest absolute Gasteiger partial charge is 0.273 e. The summed E-state index contributed by atoms with van der Waals surface area (Å²) in [5, 5.41) is 8.26. The molecule has 23 heavy (non-hydrogen) atoms. The number of para-hydroxylation sites is 1. The first-order valence-corrected chi connectivity index (χ1v) is 8.21. The topological polar surface area (TPSA) is 59.3 Å². The molecule has 0 unspecified atom stereocenters. The lowest BCUT2D eigenvalue weighted by molar-refractivity contribution is -0.121. The Bertz CT molecular complexity index is 619. The van der Waals surface area contributed by atoms with Crippen LogP contribution < -0.4 is 5.43 Å². The molecule has 0 saturated carbocycles. The monoisotopic (exact) mass is 312 g/mol. The lowest BCUT2D eigenvalue weighted by Crippen LogP contribution is -2.16. The molecule has 1 aromatic carbocycles. The van der Waals surface area contributed by atoms with Gasteiger partial charge in [-0.05, 0) is 18.6 Å². The second-order valence-corrected chi connectivity index (χ2v) is 5.51. The predicted molar refractivity (Wildman–Crippen MR) is 92.7 cm³/mol. The molecular formula is C18H24N4O. The molecule has 0 saturated heterocycles. The molecule has 1 N–H and O–H groups in total. The van der Waals surface area contributed by atoms with Gasteiger partial charge in [0.1, 0.15) is 0 Å². The van der Waals surface area contributed by atoms with E-state index in [9.17, 15) is 4.79 Å². The summed E-state index contributed by atoms with van der Waals surface area (Å²) < 4.78 is 1.77. The van der Waals surface area contributed by atoms with Gasteiger partial charge in [0, 0.05) is 18.2 Å². The number of amides is 1. The summed E-state index contributed by atoms with van der Waals surface area (Å²) in [6.45, 7) is 2.18. The summed E-state index contributed by atoms with van der Waals surface area (Å²) in [4.78, 5) is 11.6. The molecule has 5 nitrogen and oxygen atoms in total. The third kappa shape index (κ3) is 6.06. The Kier molecular flexibility index (Phi) is 7.04. The van der Waals surface area contributed by atoms with E-state index < -0.39 is 0 Å². The van der Waals surface area contributed by atoms with E-state index in [4.69, 9.17) is 0 Å². The van der Waals surface area contributed by atoms with Crippen LogP contribution in [0.15, 0.2) is 47.8 Å². The maximum absolute atomic E-state index is 11.6. The van der Waals surface area contributed by atoms with Gasteiger partial charge in [0.05, 0.1) is 18.1 Å². The average Bonchev–Trinajstić information content (AvgIpc) is 3.04. The minimum absolute atomic E-state index is 0.0341. The summed E-state index contributed by atoms with van der Waals surface area (Å²) in [6, 6.07) is 9.85. The van der Waals surface area contributed by atoms with E-state index in [0.717, 1.165) is 24.1 Å². The number of hydrogen-bond donors (Lipinski definition) is 1. The molecule has 0 fully saturated rings. The van der Waals surface area contributed by atoms with Crippen molar-refractivity contribution in [2.75, 3.05) is 0 Å². The molecular weight excluding hydrogens is 288 g/mol.